The molecule has 0 saturated carbocycles. The Kier molecular flexibility index (Phi) is 6.78. The number of para-hydroxylation sites is 1. The van der Waals surface area contributed by atoms with Crippen molar-refractivity contribution in [2.75, 3.05) is 6.54 Å². The van der Waals surface area contributed by atoms with E-state index in [9.17, 15) is 0 Å². The molecule has 0 aliphatic heterocycles. The van der Waals surface area contributed by atoms with E-state index in [1.54, 1.807) is 0 Å². The van der Waals surface area contributed by atoms with Crippen LogP contribution < -0.4 is 11.5 Å². The molecule has 1 unspecified atom stereocenters. The third-order valence-corrected chi connectivity index (χ3v) is 4.35. The standard InChI is InChI=1S/C20H20N4O.2ClH/c1-12-6-7-17-13(10-12)11-18(25-17)20-23-16-5-3-2-4-14(16)19(24-20)15(22)8-9-21;;/h2-7,10-11,15H,8-9,21-22H2,1H3;2*1H. The molecule has 2 aromatic carbocycles. The van der Waals surface area contributed by atoms with E-state index in [4.69, 9.17) is 20.9 Å². The van der Waals surface area contributed by atoms with Crippen LogP contribution in [0.4, 0.5) is 0 Å². The van der Waals surface area contributed by atoms with Crippen LogP contribution in [-0.2, 0) is 0 Å². The molecule has 4 N–H and O–H groups in total. The van der Waals surface area contributed by atoms with Crippen LogP contribution in [0.1, 0.15) is 23.7 Å². The lowest BCUT2D eigenvalue weighted by atomic mass is 10.1. The first-order valence-electron chi connectivity index (χ1n) is 8.38. The molecule has 2 aromatic heterocycles. The summed E-state index contributed by atoms with van der Waals surface area (Å²) in [6, 6.07) is 15.7. The fourth-order valence-corrected chi connectivity index (χ4v) is 3.08. The lowest BCUT2D eigenvalue weighted by molar-refractivity contribution is 0.618. The first-order chi connectivity index (χ1) is 12.2. The van der Waals surface area contributed by atoms with Crippen molar-refractivity contribution in [3.63, 3.8) is 0 Å². The highest BCUT2D eigenvalue weighted by Crippen LogP contribution is 2.30. The highest BCUT2D eigenvalue weighted by atomic mass is 35.5. The Morgan fingerprint density at radius 2 is 1.81 bits per heavy atom. The van der Waals surface area contributed by atoms with Gasteiger partial charge in [0, 0.05) is 16.8 Å². The van der Waals surface area contributed by atoms with E-state index in [-0.39, 0.29) is 30.9 Å². The molecule has 1 atom stereocenters. The number of benzene rings is 2. The van der Waals surface area contributed by atoms with Gasteiger partial charge in [0.15, 0.2) is 11.6 Å². The van der Waals surface area contributed by atoms with Gasteiger partial charge in [-0.1, -0.05) is 29.8 Å². The van der Waals surface area contributed by atoms with Gasteiger partial charge < -0.3 is 15.9 Å². The number of furan rings is 1. The number of aryl methyl sites for hydroxylation is 1. The third-order valence-electron chi connectivity index (χ3n) is 4.35. The highest BCUT2D eigenvalue weighted by Gasteiger charge is 2.17. The fraction of sp³-hybridized carbons (Fsp3) is 0.200. The van der Waals surface area contributed by atoms with Gasteiger partial charge in [-0.25, -0.2) is 9.97 Å². The van der Waals surface area contributed by atoms with Crippen molar-refractivity contribution in [2.24, 2.45) is 11.5 Å². The largest absolute Gasteiger partial charge is 0.453 e. The van der Waals surface area contributed by atoms with E-state index in [1.165, 1.54) is 5.56 Å². The Morgan fingerprint density at radius 3 is 2.59 bits per heavy atom. The SMILES string of the molecule is Cc1ccc2oc(-c3nc(C(N)CCN)c4ccccc4n3)cc2c1.Cl.Cl. The van der Waals surface area contributed by atoms with Gasteiger partial charge >= 0.3 is 0 Å². The lowest BCUT2D eigenvalue weighted by Crippen LogP contribution is -2.17. The molecule has 0 saturated heterocycles. The van der Waals surface area contributed by atoms with Crippen LogP contribution in [0, 0.1) is 6.92 Å². The predicted octanol–water partition coefficient (Wildman–Crippen LogP) is 4.54. The summed E-state index contributed by atoms with van der Waals surface area (Å²) >= 11 is 0. The molecule has 0 spiro atoms. The number of nitrogens with two attached hydrogens (primary N) is 2. The first kappa shape index (κ1) is 21.1. The number of rotatable bonds is 4. The van der Waals surface area contributed by atoms with E-state index >= 15 is 0 Å². The zero-order valence-electron chi connectivity index (χ0n) is 14.9. The van der Waals surface area contributed by atoms with Crippen LogP contribution in [-0.4, -0.2) is 16.5 Å². The Morgan fingerprint density at radius 1 is 1.04 bits per heavy atom. The van der Waals surface area contributed by atoms with E-state index in [0.717, 1.165) is 27.6 Å². The maximum absolute atomic E-state index is 6.31. The van der Waals surface area contributed by atoms with Crippen LogP contribution in [0.5, 0.6) is 0 Å². The molecule has 4 aromatic rings. The van der Waals surface area contributed by atoms with Gasteiger partial charge in [0.2, 0.25) is 0 Å². The van der Waals surface area contributed by atoms with Crippen LogP contribution in [0.15, 0.2) is 52.9 Å². The van der Waals surface area contributed by atoms with Gasteiger partial charge in [0.1, 0.15) is 5.58 Å². The summed E-state index contributed by atoms with van der Waals surface area (Å²) in [6.07, 6.45) is 0.666. The molecule has 27 heavy (non-hydrogen) atoms. The normalized spacial score (nSPS) is 11.8. The number of aromatic nitrogens is 2. The molecule has 0 fully saturated rings. The number of hydrogen-bond donors (Lipinski definition) is 2. The zero-order chi connectivity index (χ0) is 17.4. The summed E-state index contributed by atoms with van der Waals surface area (Å²) in [5, 5.41) is 2.00. The smallest absolute Gasteiger partial charge is 0.196 e. The monoisotopic (exact) mass is 404 g/mol. The minimum atomic E-state index is -0.233. The van der Waals surface area contributed by atoms with Gasteiger partial charge in [0.05, 0.1) is 11.2 Å². The van der Waals surface area contributed by atoms with Crippen LogP contribution in [0.25, 0.3) is 33.5 Å². The van der Waals surface area contributed by atoms with Crippen LogP contribution >= 0.6 is 24.8 Å². The van der Waals surface area contributed by atoms with E-state index in [2.05, 4.69) is 18.0 Å². The average Bonchev–Trinajstić information content (AvgIpc) is 3.04. The molecule has 4 rings (SSSR count). The maximum Gasteiger partial charge on any atom is 0.196 e. The maximum atomic E-state index is 6.31. The summed E-state index contributed by atoms with van der Waals surface area (Å²) in [4.78, 5) is 9.40. The van der Waals surface area contributed by atoms with Crippen molar-refractivity contribution in [3.8, 4) is 11.6 Å². The van der Waals surface area contributed by atoms with Crippen molar-refractivity contribution in [1.82, 2.24) is 9.97 Å². The summed E-state index contributed by atoms with van der Waals surface area (Å²) in [7, 11) is 0. The molecular formula is C20H22Cl2N4O. The number of halogens is 2. The summed E-state index contributed by atoms with van der Waals surface area (Å²) in [6.45, 7) is 2.57. The molecule has 0 amide bonds. The second-order valence-electron chi connectivity index (χ2n) is 6.29. The molecule has 5 nitrogen and oxygen atoms in total. The fourth-order valence-electron chi connectivity index (χ4n) is 3.08. The summed E-state index contributed by atoms with van der Waals surface area (Å²) < 4.78 is 5.96. The molecule has 7 heteroatoms. The predicted molar refractivity (Wildman–Crippen MR) is 115 cm³/mol. The highest BCUT2D eigenvalue weighted by molar-refractivity contribution is 5.86. The van der Waals surface area contributed by atoms with E-state index in [1.807, 2.05) is 42.5 Å². The molecule has 142 valence electrons. The van der Waals surface area contributed by atoms with E-state index in [0.29, 0.717) is 24.6 Å². The van der Waals surface area contributed by atoms with Crippen molar-refractivity contribution in [3.05, 3.63) is 59.8 Å². The quantitative estimate of drug-likeness (QED) is 0.520. The molecule has 0 aliphatic carbocycles. The number of fused-ring (bicyclic) bond motifs is 2. The summed E-state index contributed by atoms with van der Waals surface area (Å²) in [5.74, 6) is 1.20. The van der Waals surface area contributed by atoms with Crippen LogP contribution in [0.2, 0.25) is 0 Å². The second-order valence-corrected chi connectivity index (χ2v) is 6.29. The topological polar surface area (TPSA) is 91.0 Å². The van der Waals surface area contributed by atoms with Gasteiger partial charge in [0.25, 0.3) is 0 Å². The molecular weight excluding hydrogens is 383 g/mol. The summed E-state index contributed by atoms with van der Waals surface area (Å²) in [5.41, 5.74) is 15.7. The Labute approximate surface area is 170 Å². The van der Waals surface area contributed by atoms with Gasteiger partial charge in [-0.05, 0) is 44.2 Å². The number of hydrogen-bond acceptors (Lipinski definition) is 5. The molecule has 0 bridgehead atoms. The van der Waals surface area contributed by atoms with Crippen molar-refractivity contribution >= 4 is 46.7 Å². The van der Waals surface area contributed by atoms with E-state index < -0.39 is 0 Å². The Bertz CT molecular complexity index is 1060. The van der Waals surface area contributed by atoms with Gasteiger partial charge in [-0.3, -0.25) is 0 Å². The number of nitrogens with zero attached hydrogens (tertiary/aromatic N) is 2. The first-order valence-corrected chi connectivity index (χ1v) is 8.38. The Hall–Kier alpha value is -2.18. The minimum absolute atomic E-state index is 0. The van der Waals surface area contributed by atoms with Gasteiger partial charge in [-0.2, -0.15) is 0 Å². The van der Waals surface area contributed by atoms with Crippen molar-refractivity contribution < 1.29 is 4.42 Å². The van der Waals surface area contributed by atoms with Crippen molar-refractivity contribution in [1.29, 1.82) is 0 Å². The average molecular weight is 405 g/mol. The van der Waals surface area contributed by atoms with Gasteiger partial charge in [-0.15, -0.1) is 24.8 Å². The third kappa shape index (κ3) is 4.06. The Balaban J connectivity index is 0.00000131. The van der Waals surface area contributed by atoms with Crippen molar-refractivity contribution in [2.45, 2.75) is 19.4 Å². The molecule has 0 aliphatic rings. The lowest BCUT2D eigenvalue weighted by Gasteiger charge is -2.13. The second kappa shape index (κ2) is 8.67. The molecule has 2 heterocycles. The minimum Gasteiger partial charge on any atom is -0.453 e. The van der Waals surface area contributed by atoms with Crippen LogP contribution in [0.3, 0.4) is 0 Å². The molecule has 0 radical (unpaired) electrons. The zero-order valence-corrected chi connectivity index (χ0v) is 16.5.